The van der Waals surface area contributed by atoms with Gasteiger partial charge in [0.2, 0.25) is 0 Å². The van der Waals surface area contributed by atoms with Gasteiger partial charge in [0.15, 0.2) is 0 Å². The van der Waals surface area contributed by atoms with Gasteiger partial charge in [-0.3, -0.25) is 9.36 Å². The Hall–Kier alpha value is -4.32. The number of fused-ring (bicyclic) bond motifs is 2. The second-order valence-electron chi connectivity index (χ2n) is 12.2. The number of esters is 1. The van der Waals surface area contributed by atoms with E-state index in [9.17, 15) is 19.4 Å². The minimum Gasteiger partial charge on any atom is -0.507 e. The number of phenols is 1. The van der Waals surface area contributed by atoms with E-state index in [4.69, 9.17) is 21.4 Å². The van der Waals surface area contributed by atoms with Crippen LogP contribution in [0.3, 0.4) is 0 Å². The largest absolute Gasteiger partial charge is 0.507 e. The molecule has 0 unspecified atom stereocenters. The lowest BCUT2D eigenvalue weighted by atomic mass is 10.0. The van der Waals surface area contributed by atoms with E-state index >= 15 is 0 Å². The smallest absolute Gasteiger partial charge is 0.354 e. The lowest BCUT2D eigenvalue weighted by molar-refractivity contribution is 0.0587. The number of hydrogen-bond acceptors (Lipinski definition) is 7. The van der Waals surface area contributed by atoms with E-state index in [0.717, 1.165) is 68.9 Å². The van der Waals surface area contributed by atoms with Crippen molar-refractivity contribution in [1.29, 1.82) is 0 Å². The minimum absolute atomic E-state index is 0.0104. The molecule has 0 atom stereocenters. The van der Waals surface area contributed by atoms with E-state index in [2.05, 4.69) is 11.2 Å². The van der Waals surface area contributed by atoms with Crippen LogP contribution in [0.25, 0.3) is 32.8 Å². The zero-order valence-corrected chi connectivity index (χ0v) is 29.3. The topological polar surface area (TPSA) is 107 Å². The number of aliphatic hydroxyl groups excluding tert-OH is 1. The fourth-order valence-corrected chi connectivity index (χ4v) is 7.64. The highest BCUT2D eigenvalue weighted by Crippen LogP contribution is 2.40. The standard InChI is InChI=1S/C37H39ClFN5O4S/c1-42-21-25(20-40-42)34-32(38)12-11-31-30(6-4-14-45)36(37(47)48-3)44(35(31)34)13-5-15-49-22-27-19-28(43(2)41-27)9-7-23-16-24-18-26(39)8-10-29(24)33(46)17-23/h8,10-12,16-21,45-46H,4-7,9,13-15,22H2,1-3H3. The second-order valence-corrected chi connectivity index (χ2v) is 13.7. The van der Waals surface area contributed by atoms with Crippen LogP contribution in [0.2, 0.25) is 5.02 Å². The molecule has 0 saturated heterocycles. The summed E-state index contributed by atoms with van der Waals surface area (Å²) in [5.74, 6) is 0.962. The number of thioether (sulfide) groups is 1. The Bertz CT molecular complexity index is 2140. The number of methoxy groups -OCH3 is 1. The predicted molar refractivity (Wildman–Crippen MR) is 193 cm³/mol. The minimum atomic E-state index is -0.419. The van der Waals surface area contributed by atoms with Crippen LogP contribution in [0.1, 0.15) is 45.8 Å². The molecular weight excluding hydrogens is 665 g/mol. The summed E-state index contributed by atoms with van der Waals surface area (Å²) in [6.07, 6.45) is 6.91. The van der Waals surface area contributed by atoms with Crippen molar-refractivity contribution in [1.82, 2.24) is 24.1 Å². The SMILES string of the molecule is COC(=O)c1c(CCCO)c2ccc(Cl)c(-c3cnn(C)c3)c2n1CCCSCc1cc(CCc2cc(O)c3ccc(F)cc3c2)n(C)n1. The predicted octanol–water partition coefficient (Wildman–Crippen LogP) is 7.25. The Morgan fingerprint density at radius 2 is 1.86 bits per heavy atom. The number of ether oxygens (including phenoxy) is 1. The van der Waals surface area contributed by atoms with Crippen LogP contribution in [0, 0.1) is 5.82 Å². The quantitative estimate of drug-likeness (QED) is 0.0910. The molecule has 0 amide bonds. The van der Waals surface area contributed by atoms with Crippen LogP contribution in [-0.4, -0.2) is 59.8 Å². The molecule has 0 fully saturated rings. The first kappa shape index (κ1) is 34.5. The molecule has 0 aliphatic carbocycles. The van der Waals surface area contributed by atoms with E-state index in [1.54, 1.807) is 34.8 Å². The van der Waals surface area contributed by atoms with Crippen molar-refractivity contribution in [3.8, 4) is 16.9 Å². The first-order valence-electron chi connectivity index (χ1n) is 16.2. The molecule has 6 aromatic rings. The number of halogens is 2. The average molecular weight is 704 g/mol. The van der Waals surface area contributed by atoms with Crippen molar-refractivity contribution in [3.63, 3.8) is 0 Å². The van der Waals surface area contributed by atoms with E-state index in [1.165, 1.54) is 19.2 Å². The molecule has 0 radical (unpaired) electrons. The maximum atomic E-state index is 13.8. The van der Waals surface area contributed by atoms with Gasteiger partial charge in [0, 0.05) is 66.8 Å². The highest BCUT2D eigenvalue weighted by Gasteiger charge is 2.26. The molecule has 49 heavy (non-hydrogen) atoms. The molecule has 0 bridgehead atoms. The molecule has 3 aromatic carbocycles. The van der Waals surface area contributed by atoms with Crippen LogP contribution in [0.4, 0.5) is 4.39 Å². The molecule has 256 valence electrons. The van der Waals surface area contributed by atoms with E-state index in [1.807, 2.05) is 47.7 Å². The number of benzene rings is 3. The molecule has 6 rings (SSSR count). The van der Waals surface area contributed by atoms with Crippen LogP contribution in [-0.2, 0) is 50.4 Å². The fraction of sp³-hybridized carbons (Fsp3) is 0.324. The molecule has 3 aromatic heterocycles. The zero-order chi connectivity index (χ0) is 34.7. The van der Waals surface area contributed by atoms with Gasteiger partial charge in [-0.05, 0) is 90.8 Å². The normalized spacial score (nSPS) is 11.6. The van der Waals surface area contributed by atoms with Crippen molar-refractivity contribution < 1.29 is 24.1 Å². The van der Waals surface area contributed by atoms with Gasteiger partial charge in [-0.2, -0.15) is 22.0 Å². The number of rotatable bonds is 14. The third-order valence-electron chi connectivity index (χ3n) is 8.81. The Labute approximate surface area is 293 Å². The molecule has 9 nitrogen and oxygen atoms in total. The summed E-state index contributed by atoms with van der Waals surface area (Å²) in [5, 5.41) is 32.0. The highest BCUT2D eigenvalue weighted by atomic mass is 35.5. The summed E-state index contributed by atoms with van der Waals surface area (Å²) in [5.41, 5.74) is 6.85. The lowest BCUT2D eigenvalue weighted by Gasteiger charge is -2.13. The first-order valence-corrected chi connectivity index (χ1v) is 17.7. The summed E-state index contributed by atoms with van der Waals surface area (Å²) in [7, 11) is 5.17. The molecular formula is C37H39ClFN5O4S. The van der Waals surface area contributed by atoms with Gasteiger partial charge in [0.25, 0.3) is 0 Å². The van der Waals surface area contributed by atoms with Gasteiger partial charge in [0.05, 0.1) is 29.5 Å². The van der Waals surface area contributed by atoms with Crippen molar-refractivity contribution in [2.24, 2.45) is 14.1 Å². The Morgan fingerprint density at radius 3 is 2.61 bits per heavy atom. The molecule has 0 spiro atoms. The Morgan fingerprint density at radius 1 is 1.04 bits per heavy atom. The van der Waals surface area contributed by atoms with Crippen molar-refractivity contribution in [2.75, 3.05) is 19.5 Å². The third kappa shape index (κ3) is 7.34. The van der Waals surface area contributed by atoms with Crippen LogP contribution >= 0.6 is 23.4 Å². The second kappa shape index (κ2) is 15.1. The maximum Gasteiger partial charge on any atom is 0.354 e. The Balaban J connectivity index is 1.16. The summed E-state index contributed by atoms with van der Waals surface area (Å²) in [6.45, 7) is 0.576. The number of aromatic nitrogens is 5. The number of phenolic OH excluding ortho intramolecular Hbond substituents is 1. The molecule has 2 N–H and O–H groups in total. The summed E-state index contributed by atoms with van der Waals surface area (Å²) < 4.78 is 24.7. The zero-order valence-electron chi connectivity index (χ0n) is 27.7. The monoisotopic (exact) mass is 703 g/mol. The maximum absolute atomic E-state index is 13.8. The van der Waals surface area contributed by atoms with Gasteiger partial charge in [0.1, 0.15) is 17.3 Å². The van der Waals surface area contributed by atoms with Gasteiger partial charge in [-0.15, -0.1) is 0 Å². The molecule has 0 aliphatic heterocycles. The van der Waals surface area contributed by atoms with E-state index < -0.39 is 5.97 Å². The Kier molecular flexibility index (Phi) is 10.6. The summed E-state index contributed by atoms with van der Waals surface area (Å²) >= 11 is 8.59. The summed E-state index contributed by atoms with van der Waals surface area (Å²) in [6, 6.07) is 14.0. The average Bonchev–Trinajstić information content (AvgIpc) is 3.76. The third-order valence-corrected chi connectivity index (χ3v) is 10.2. The number of aliphatic hydroxyl groups is 1. The number of aromatic hydroxyl groups is 1. The highest BCUT2D eigenvalue weighted by molar-refractivity contribution is 7.98. The number of carbonyl (C=O) groups excluding carboxylic acids is 1. The molecule has 0 aliphatic rings. The lowest BCUT2D eigenvalue weighted by Crippen LogP contribution is -2.14. The number of carbonyl (C=O) groups is 1. The number of hydrogen-bond donors (Lipinski definition) is 2. The van der Waals surface area contributed by atoms with Crippen LogP contribution in [0.5, 0.6) is 5.75 Å². The van der Waals surface area contributed by atoms with Crippen LogP contribution < -0.4 is 0 Å². The summed E-state index contributed by atoms with van der Waals surface area (Å²) in [4.78, 5) is 13.3. The first-order chi connectivity index (χ1) is 23.7. The van der Waals surface area contributed by atoms with Crippen molar-refractivity contribution >= 4 is 51.0 Å². The number of nitrogens with zero attached hydrogens (tertiary/aromatic N) is 5. The van der Waals surface area contributed by atoms with E-state index in [0.29, 0.717) is 47.3 Å². The van der Waals surface area contributed by atoms with Gasteiger partial charge in [-0.25, -0.2) is 9.18 Å². The van der Waals surface area contributed by atoms with Crippen LogP contribution in [0.15, 0.2) is 60.9 Å². The van der Waals surface area contributed by atoms with Crippen molar-refractivity contribution in [2.45, 2.75) is 44.4 Å². The van der Waals surface area contributed by atoms with E-state index in [-0.39, 0.29) is 18.2 Å². The van der Waals surface area contributed by atoms with Gasteiger partial charge >= 0.3 is 5.97 Å². The van der Waals surface area contributed by atoms with Gasteiger partial charge in [-0.1, -0.05) is 23.7 Å². The fourth-order valence-electron chi connectivity index (χ4n) is 6.56. The molecule has 12 heteroatoms. The molecule has 0 saturated carbocycles. The van der Waals surface area contributed by atoms with Crippen molar-refractivity contribution in [3.05, 3.63) is 100.0 Å². The number of aryl methyl sites for hydroxylation is 6. The van der Waals surface area contributed by atoms with Gasteiger partial charge < -0.3 is 19.5 Å². The molecule has 3 heterocycles.